The fraction of sp³-hybridized carbons (Fsp3) is 1.00. The van der Waals surface area contributed by atoms with Gasteiger partial charge in [0.1, 0.15) is 0 Å². The number of hydrogen-bond donors (Lipinski definition) is 1. The topological polar surface area (TPSA) is 29.1 Å². The molecule has 1 saturated carbocycles. The van der Waals surface area contributed by atoms with Gasteiger partial charge < -0.3 is 5.32 Å². The molecule has 0 amide bonds. The molecule has 1 fully saturated rings. The highest BCUT2D eigenvalue weighted by atomic mass is 32.2. The lowest BCUT2D eigenvalue weighted by molar-refractivity contribution is 0.666. The Labute approximate surface area is 83.9 Å². The number of nitrogens with one attached hydrogen (secondary N) is 1. The van der Waals surface area contributed by atoms with Gasteiger partial charge >= 0.3 is 0 Å². The minimum absolute atomic E-state index is 0.573. The average molecular weight is 203 g/mol. The van der Waals surface area contributed by atoms with Crippen molar-refractivity contribution < 1.29 is 4.21 Å². The van der Waals surface area contributed by atoms with Crippen LogP contribution in [0.3, 0.4) is 0 Å². The Morgan fingerprint density at radius 3 is 2.69 bits per heavy atom. The fourth-order valence-electron chi connectivity index (χ4n) is 1.28. The van der Waals surface area contributed by atoms with Crippen molar-refractivity contribution in [1.29, 1.82) is 0 Å². The SMILES string of the molecule is CCCCCS(=O)CCNC1CC1. The van der Waals surface area contributed by atoms with Gasteiger partial charge in [-0.15, -0.1) is 0 Å². The molecule has 0 bridgehead atoms. The summed E-state index contributed by atoms with van der Waals surface area (Å²) in [6.07, 6.45) is 6.22. The first-order chi connectivity index (χ1) is 6.33. The molecule has 0 aliphatic heterocycles. The zero-order valence-corrected chi connectivity index (χ0v) is 9.37. The van der Waals surface area contributed by atoms with Crippen molar-refractivity contribution >= 4 is 10.8 Å². The maximum Gasteiger partial charge on any atom is 0.0360 e. The molecule has 0 aromatic heterocycles. The summed E-state index contributed by atoms with van der Waals surface area (Å²) in [5, 5.41) is 3.38. The van der Waals surface area contributed by atoms with Crippen LogP contribution in [0.4, 0.5) is 0 Å². The fourth-order valence-corrected chi connectivity index (χ4v) is 2.36. The molecule has 1 rings (SSSR count). The van der Waals surface area contributed by atoms with Crippen molar-refractivity contribution in [2.75, 3.05) is 18.1 Å². The Morgan fingerprint density at radius 2 is 2.08 bits per heavy atom. The van der Waals surface area contributed by atoms with Gasteiger partial charge in [-0.25, -0.2) is 0 Å². The Bertz CT molecular complexity index is 157. The molecule has 78 valence electrons. The molecule has 0 spiro atoms. The summed E-state index contributed by atoms with van der Waals surface area (Å²) < 4.78 is 11.4. The predicted molar refractivity (Wildman–Crippen MR) is 58.4 cm³/mol. The molecule has 0 radical (unpaired) electrons. The van der Waals surface area contributed by atoms with E-state index >= 15 is 0 Å². The summed E-state index contributed by atoms with van der Waals surface area (Å²) in [5.74, 6) is 1.75. The summed E-state index contributed by atoms with van der Waals surface area (Å²) in [7, 11) is -0.573. The molecule has 2 nitrogen and oxygen atoms in total. The van der Waals surface area contributed by atoms with Gasteiger partial charge in [-0.05, 0) is 19.3 Å². The molecule has 0 aromatic carbocycles. The van der Waals surface area contributed by atoms with E-state index < -0.39 is 10.8 Å². The molecule has 1 aliphatic carbocycles. The Morgan fingerprint density at radius 1 is 1.31 bits per heavy atom. The Kier molecular flexibility index (Phi) is 5.63. The van der Waals surface area contributed by atoms with Gasteiger partial charge in [-0.3, -0.25) is 4.21 Å². The molecule has 3 heteroatoms. The highest BCUT2D eigenvalue weighted by Crippen LogP contribution is 2.17. The van der Waals surface area contributed by atoms with E-state index in [-0.39, 0.29) is 0 Å². The molecular weight excluding hydrogens is 182 g/mol. The van der Waals surface area contributed by atoms with Crippen LogP contribution in [-0.2, 0) is 10.8 Å². The quantitative estimate of drug-likeness (QED) is 0.608. The van der Waals surface area contributed by atoms with E-state index in [2.05, 4.69) is 12.2 Å². The molecule has 1 aliphatic rings. The van der Waals surface area contributed by atoms with E-state index in [0.29, 0.717) is 0 Å². The smallest absolute Gasteiger partial charge is 0.0360 e. The number of unbranched alkanes of at least 4 members (excludes halogenated alkanes) is 2. The summed E-state index contributed by atoms with van der Waals surface area (Å²) >= 11 is 0. The maximum atomic E-state index is 11.4. The van der Waals surface area contributed by atoms with Gasteiger partial charge in [0.25, 0.3) is 0 Å². The van der Waals surface area contributed by atoms with Crippen LogP contribution in [-0.4, -0.2) is 28.3 Å². The predicted octanol–water partition coefficient (Wildman–Crippen LogP) is 1.68. The van der Waals surface area contributed by atoms with Gasteiger partial charge in [-0.2, -0.15) is 0 Å². The van der Waals surface area contributed by atoms with Crippen molar-refractivity contribution in [1.82, 2.24) is 5.32 Å². The van der Waals surface area contributed by atoms with E-state index in [4.69, 9.17) is 0 Å². The average Bonchev–Trinajstić information content (AvgIpc) is 2.89. The van der Waals surface area contributed by atoms with Gasteiger partial charge in [0.2, 0.25) is 0 Å². The monoisotopic (exact) mass is 203 g/mol. The third-order valence-corrected chi connectivity index (χ3v) is 3.72. The Hall–Kier alpha value is 0.110. The number of rotatable bonds is 8. The second-order valence-corrected chi connectivity index (χ2v) is 5.48. The highest BCUT2D eigenvalue weighted by Gasteiger charge is 2.19. The van der Waals surface area contributed by atoms with E-state index in [9.17, 15) is 4.21 Å². The Balaban J connectivity index is 1.84. The van der Waals surface area contributed by atoms with Crippen molar-refractivity contribution in [2.24, 2.45) is 0 Å². The van der Waals surface area contributed by atoms with Crippen LogP contribution in [0.25, 0.3) is 0 Å². The van der Waals surface area contributed by atoms with Crippen LogP contribution in [0.15, 0.2) is 0 Å². The molecular formula is C10H21NOS. The molecule has 13 heavy (non-hydrogen) atoms. The molecule has 0 aromatic rings. The molecule has 0 saturated heterocycles. The first-order valence-corrected chi connectivity index (χ1v) is 6.90. The lowest BCUT2D eigenvalue weighted by Gasteiger charge is -2.02. The van der Waals surface area contributed by atoms with E-state index in [0.717, 1.165) is 30.5 Å². The second kappa shape index (κ2) is 6.55. The lowest BCUT2D eigenvalue weighted by Crippen LogP contribution is -2.23. The normalized spacial score (nSPS) is 18.8. The van der Waals surface area contributed by atoms with Gasteiger partial charge in [0.15, 0.2) is 0 Å². The number of hydrogen-bond acceptors (Lipinski definition) is 2. The summed E-state index contributed by atoms with van der Waals surface area (Å²) in [5.41, 5.74) is 0. The van der Waals surface area contributed by atoms with E-state index in [1.54, 1.807) is 0 Å². The lowest BCUT2D eigenvalue weighted by atomic mass is 10.3. The van der Waals surface area contributed by atoms with Crippen molar-refractivity contribution in [3.05, 3.63) is 0 Å². The standard InChI is InChI=1S/C10H21NOS/c1-2-3-4-8-13(12)9-7-11-10-5-6-10/h10-11H,2-9H2,1H3. The van der Waals surface area contributed by atoms with Crippen LogP contribution >= 0.6 is 0 Å². The van der Waals surface area contributed by atoms with E-state index in [1.165, 1.54) is 25.7 Å². The van der Waals surface area contributed by atoms with Crippen LogP contribution in [0.2, 0.25) is 0 Å². The van der Waals surface area contributed by atoms with Crippen molar-refractivity contribution in [2.45, 2.75) is 45.1 Å². The maximum absolute atomic E-state index is 11.4. The summed E-state index contributed by atoms with van der Waals surface area (Å²) in [6.45, 7) is 3.13. The third-order valence-electron chi connectivity index (χ3n) is 2.32. The van der Waals surface area contributed by atoms with Crippen LogP contribution < -0.4 is 5.32 Å². The zero-order chi connectivity index (χ0) is 9.52. The van der Waals surface area contributed by atoms with Crippen molar-refractivity contribution in [3.8, 4) is 0 Å². The minimum Gasteiger partial charge on any atom is -0.313 e. The van der Waals surface area contributed by atoms with Gasteiger partial charge in [-0.1, -0.05) is 19.8 Å². The minimum atomic E-state index is -0.573. The highest BCUT2D eigenvalue weighted by molar-refractivity contribution is 7.84. The first kappa shape index (κ1) is 11.2. The van der Waals surface area contributed by atoms with Crippen LogP contribution in [0.5, 0.6) is 0 Å². The van der Waals surface area contributed by atoms with Crippen molar-refractivity contribution in [3.63, 3.8) is 0 Å². The van der Waals surface area contributed by atoms with Gasteiger partial charge in [0.05, 0.1) is 0 Å². The van der Waals surface area contributed by atoms with E-state index in [1.807, 2.05) is 0 Å². The van der Waals surface area contributed by atoms with Crippen LogP contribution in [0.1, 0.15) is 39.0 Å². The molecule has 1 N–H and O–H groups in total. The largest absolute Gasteiger partial charge is 0.313 e. The molecule has 0 heterocycles. The van der Waals surface area contributed by atoms with Gasteiger partial charge in [0, 0.05) is 34.9 Å². The zero-order valence-electron chi connectivity index (χ0n) is 8.55. The van der Waals surface area contributed by atoms with Crippen LogP contribution in [0, 0.1) is 0 Å². The summed E-state index contributed by atoms with van der Waals surface area (Å²) in [6, 6.07) is 0.757. The molecule has 1 atom stereocenters. The first-order valence-electron chi connectivity index (χ1n) is 5.41. The molecule has 1 unspecified atom stereocenters. The second-order valence-electron chi connectivity index (χ2n) is 3.78. The summed E-state index contributed by atoms with van der Waals surface area (Å²) in [4.78, 5) is 0. The third kappa shape index (κ3) is 6.22.